The Labute approximate surface area is 138 Å². The summed E-state index contributed by atoms with van der Waals surface area (Å²) in [6, 6.07) is 7.84. The molecular formula is C13H10ClIN4S. The topological polar surface area (TPSA) is 63.8 Å². The van der Waals surface area contributed by atoms with Crippen molar-refractivity contribution in [1.29, 1.82) is 0 Å². The monoisotopic (exact) mass is 416 g/mol. The molecule has 2 aromatic heterocycles. The van der Waals surface area contributed by atoms with Crippen molar-refractivity contribution < 1.29 is 0 Å². The van der Waals surface area contributed by atoms with Crippen LogP contribution in [-0.2, 0) is 0 Å². The lowest BCUT2D eigenvalue weighted by atomic mass is 10.3. The van der Waals surface area contributed by atoms with Crippen LogP contribution in [0, 0.1) is 10.5 Å². The lowest BCUT2D eigenvalue weighted by Crippen LogP contribution is -2.00. The number of anilines is 3. The van der Waals surface area contributed by atoms with Gasteiger partial charge in [-0.15, -0.1) is 11.3 Å². The van der Waals surface area contributed by atoms with Gasteiger partial charge in [-0.1, -0.05) is 11.6 Å². The second-order valence-corrected chi connectivity index (χ2v) is 7.14. The maximum atomic E-state index is 6.24. The van der Waals surface area contributed by atoms with Crippen molar-refractivity contribution in [3.05, 3.63) is 37.7 Å². The third-order valence-corrected chi connectivity index (χ3v) is 4.65. The smallest absolute Gasteiger partial charge is 0.223 e. The Morgan fingerprint density at radius 1 is 1.30 bits per heavy atom. The highest BCUT2D eigenvalue weighted by Crippen LogP contribution is 2.33. The van der Waals surface area contributed by atoms with Crippen LogP contribution in [0.25, 0.3) is 10.2 Å². The van der Waals surface area contributed by atoms with E-state index in [-0.39, 0.29) is 5.95 Å². The number of nitrogens with one attached hydrogen (secondary N) is 1. The van der Waals surface area contributed by atoms with Gasteiger partial charge in [-0.25, -0.2) is 4.98 Å². The van der Waals surface area contributed by atoms with E-state index in [0.29, 0.717) is 10.8 Å². The number of hydrogen-bond acceptors (Lipinski definition) is 5. The molecule has 3 rings (SSSR count). The summed E-state index contributed by atoms with van der Waals surface area (Å²) >= 11 is 10.0. The third kappa shape index (κ3) is 2.68. The van der Waals surface area contributed by atoms with Gasteiger partial charge in [0.05, 0.1) is 16.1 Å². The molecule has 0 aliphatic rings. The number of thiophene rings is 1. The molecule has 0 atom stereocenters. The zero-order chi connectivity index (χ0) is 14.3. The largest absolute Gasteiger partial charge is 0.368 e. The molecule has 0 radical (unpaired) electrons. The SMILES string of the molecule is Cc1cc2c(Nc3ccc(I)cc3Cl)nc(N)nc2s1. The highest BCUT2D eigenvalue weighted by molar-refractivity contribution is 14.1. The van der Waals surface area contributed by atoms with Crippen LogP contribution in [0.1, 0.15) is 4.88 Å². The van der Waals surface area contributed by atoms with Gasteiger partial charge in [-0.3, -0.25) is 0 Å². The average molecular weight is 417 g/mol. The molecule has 0 aliphatic carbocycles. The van der Waals surface area contributed by atoms with Crippen LogP contribution in [0.2, 0.25) is 5.02 Å². The maximum absolute atomic E-state index is 6.24. The number of benzene rings is 1. The second-order valence-electron chi connectivity index (χ2n) is 4.26. The van der Waals surface area contributed by atoms with Gasteiger partial charge in [0.2, 0.25) is 5.95 Å². The molecule has 4 nitrogen and oxygen atoms in total. The Hall–Kier alpha value is -1.12. The van der Waals surface area contributed by atoms with Gasteiger partial charge in [0, 0.05) is 8.45 Å². The van der Waals surface area contributed by atoms with E-state index in [1.165, 1.54) is 0 Å². The van der Waals surface area contributed by atoms with E-state index in [1.54, 1.807) is 11.3 Å². The van der Waals surface area contributed by atoms with E-state index in [2.05, 4.69) is 37.9 Å². The van der Waals surface area contributed by atoms with Crippen molar-refractivity contribution in [2.45, 2.75) is 6.92 Å². The lowest BCUT2D eigenvalue weighted by Gasteiger charge is -2.09. The number of aromatic nitrogens is 2. The second kappa shape index (κ2) is 5.34. The predicted octanol–water partition coefficient (Wildman–Crippen LogP) is 4.58. The molecule has 0 amide bonds. The number of nitrogen functional groups attached to an aromatic ring is 1. The zero-order valence-corrected chi connectivity index (χ0v) is 14.2. The summed E-state index contributed by atoms with van der Waals surface area (Å²) in [7, 11) is 0. The molecule has 102 valence electrons. The molecule has 0 saturated heterocycles. The van der Waals surface area contributed by atoms with Crippen LogP contribution in [-0.4, -0.2) is 9.97 Å². The Morgan fingerprint density at radius 3 is 2.85 bits per heavy atom. The molecule has 3 N–H and O–H groups in total. The van der Waals surface area contributed by atoms with E-state index < -0.39 is 0 Å². The number of fused-ring (bicyclic) bond motifs is 1. The summed E-state index contributed by atoms with van der Waals surface area (Å²) in [4.78, 5) is 10.6. The van der Waals surface area contributed by atoms with E-state index in [4.69, 9.17) is 17.3 Å². The van der Waals surface area contributed by atoms with Gasteiger partial charge < -0.3 is 11.1 Å². The van der Waals surface area contributed by atoms with Crippen LogP contribution in [0.5, 0.6) is 0 Å². The van der Waals surface area contributed by atoms with E-state index in [9.17, 15) is 0 Å². The number of nitrogens with two attached hydrogens (primary N) is 1. The number of nitrogens with zero attached hydrogens (tertiary/aromatic N) is 2. The maximum Gasteiger partial charge on any atom is 0.223 e. The van der Waals surface area contributed by atoms with Crippen LogP contribution >= 0.6 is 45.5 Å². The summed E-state index contributed by atoms with van der Waals surface area (Å²) in [6.45, 7) is 2.03. The highest BCUT2D eigenvalue weighted by Gasteiger charge is 2.11. The summed E-state index contributed by atoms with van der Waals surface area (Å²) in [5.41, 5.74) is 6.56. The van der Waals surface area contributed by atoms with Crippen LogP contribution in [0.15, 0.2) is 24.3 Å². The fourth-order valence-electron chi connectivity index (χ4n) is 1.87. The molecule has 0 spiro atoms. The van der Waals surface area contributed by atoms with Gasteiger partial charge in [0.1, 0.15) is 10.6 Å². The number of hydrogen-bond donors (Lipinski definition) is 2. The van der Waals surface area contributed by atoms with E-state index in [1.807, 2.05) is 31.2 Å². The summed E-state index contributed by atoms with van der Waals surface area (Å²) in [5, 5.41) is 4.84. The van der Waals surface area contributed by atoms with Crippen molar-refractivity contribution in [2.75, 3.05) is 11.1 Å². The molecule has 0 bridgehead atoms. The minimum atomic E-state index is 0.253. The first-order valence-corrected chi connectivity index (χ1v) is 8.06. The quantitative estimate of drug-likeness (QED) is 0.600. The molecule has 0 aliphatic heterocycles. The normalized spacial score (nSPS) is 10.9. The first-order chi connectivity index (χ1) is 9.52. The summed E-state index contributed by atoms with van der Waals surface area (Å²) in [6.07, 6.45) is 0. The van der Waals surface area contributed by atoms with Gasteiger partial charge in [0.15, 0.2) is 0 Å². The Kier molecular flexibility index (Phi) is 3.70. The van der Waals surface area contributed by atoms with Crippen molar-refractivity contribution in [3.8, 4) is 0 Å². The predicted molar refractivity (Wildman–Crippen MR) is 94.0 cm³/mol. The third-order valence-electron chi connectivity index (χ3n) is 2.72. The minimum Gasteiger partial charge on any atom is -0.368 e. The molecule has 0 unspecified atom stereocenters. The standard InChI is InChI=1S/C13H10ClIN4S/c1-6-4-8-11(18-13(16)19-12(8)20-6)17-10-3-2-7(15)5-9(10)14/h2-5H,1H3,(H3,16,17,18,19). The van der Waals surface area contributed by atoms with Gasteiger partial charge in [0.25, 0.3) is 0 Å². The number of halogens is 2. The minimum absolute atomic E-state index is 0.253. The molecule has 0 saturated carbocycles. The van der Waals surface area contributed by atoms with Crippen LogP contribution in [0.3, 0.4) is 0 Å². The van der Waals surface area contributed by atoms with Gasteiger partial charge in [-0.05, 0) is 53.8 Å². The van der Waals surface area contributed by atoms with Crippen molar-refractivity contribution in [2.24, 2.45) is 0 Å². The lowest BCUT2D eigenvalue weighted by molar-refractivity contribution is 1.24. The van der Waals surface area contributed by atoms with E-state index >= 15 is 0 Å². The number of rotatable bonds is 2. The molecule has 7 heteroatoms. The zero-order valence-electron chi connectivity index (χ0n) is 10.4. The van der Waals surface area contributed by atoms with Crippen LogP contribution in [0.4, 0.5) is 17.5 Å². The fraction of sp³-hybridized carbons (Fsp3) is 0.0769. The molecule has 0 fully saturated rings. The molecule has 1 aromatic carbocycles. The Balaban J connectivity index is 2.10. The number of aryl methyl sites for hydroxylation is 1. The Morgan fingerprint density at radius 2 is 2.10 bits per heavy atom. The van der Waals surface area contributed by atoms with Gasteiger partial charge >= 0.3 is 0 Å². The van der Waals surface area contributed by atoms with Crippen molar-refractivity contribution in [3.63, 3.8) is 0 Å². The molecule has 20 heavy (non-hydrogen) atoms. The summed E-state index contributed by atoms with van der Waals surface area (Å²) < 4.78 is 1.08. The average Bonchev–Trinajstić information content (AvgIpc) is 2.73. The molecular weight excluding hydrogens is 407 g/mol. The van der Waals surface area contributed by atoms with Crippen LogP contribution < -0.4 is 11.1 Å². The van der Waals surface area contributed by atoms with Crippen molar-refractivity contribution >= 4 is 73.2 Å². The highest BCUT2D eigenvalue weighted by atomic mass is 127. The summed E-state index contributed by atoms with van der Waals surface area (Å²) in [5.74, 6) is 0.934. The Bertz CT molecular complexity index is 802. The van der Waals surface area contributed by atoms with Crippen molar-refractivity contribution in [1.82, 2.24) is 9.97 Å². The van der Waals surface area contributed by atoms with E-state index in [0.717, 1.165) is 24.4 Å². The first kappa shape index (κ1) is 13.8. The molecule has 3 aromatic rings. The first-order valence-electron chi connectivity index (χ1n) is 5.78. The van der Waals surface area contributed by atoms with Gasteiger partial charge in [-0.2, -0.15) is 4.98 Å². The molecule has 2 heterocycles. The fourth-order valence-corrected chi connectivity index (χ4v) is 3.66.